The van der Waals surface area contributed by atoms with Crippen molar-refractivity contribution in [3.8, 4) is 11.5 Å². The fourth-order valence-corrected chi connectivity index (χ4v) is 2.19. The molecule has 0 saturated heterocycles. The second kappa shape index (κ2) is 8.24. The Morgan fingerprint density at radius 3 is 2.62 bits per heavy atom. The van der Waals surface area contributed by atoms with Crippen LogP contribution in [0.3, 0.4) is 0 Å². The Kier molecular flexibility index (Phi) is 6.07. The summed E-state index contributed by atoms with van der Waals surface area (Å²) in [6, 6.07) is 12.3. The zero-order valence-electron chi connectivity index (χ0n) is 14.3. The first kappa shape index (κ1) is 17.7. The Balaban J connectivity index is 2.15. The number of carbonyl (C=O) groups excluding carboxylic acids is 1. The van der Waals surface area contributed by atoms with Gasteiger partial charge in [0.2, 0.25) is 0 Å². The Bertz CT molecular complexity index is 699. The van der Waals surface area contributed by atoms with Gasteiger partial charge in [-0.3, -0.25) is 4.79 Å². The fourth-order valence-electron chi connectivity index (χ4n) is 2.19. The predicted molar refractivity (Wildman–Crippen MR) is 96.8 cm³/mol. The number of anilines is 2. The van der Waals surface area contributed by atoms with Crippen molar-refractivity contribution in [2.75, 3.05) is 24.8 Å². The predicted octanol–water partition coefficient (Wildman–Crippen LogP) is 3.95. The van der Waals surface area contributed by atoms with Gasteiger partial charge in [-0.2, -0.15) is 0 Å². The lowest BCUT2D eigenvalue weighted by atomic mass is 10.1. The molecule has 5 heteroatoms. The molecule has 0 bridgehead atoms. The molecule has 0 aliphatic heterocycles. The molecule has 0 aromatic heterocycles. The van der Waals surface area contributed by atoms with Gasteiger partial charge in [0.1, 0.15) is 11.5 Å². The van der Waals surface area contributed by atoms with Crippen molar-refractivity contribution >= 4 is 17.3 Å². The SMILES string of the molecule is COc1cc(N)ccc1NC(=O)c1ccccc1OCCC(C)C. The summed E-state index contributed by atoms with van der Waals surface area (Å²) in [5.74, 6) is 1.38. The number of rotatable bonds is 7. The molecular formula is C19H24N2O3. The zero-order valence-corrected chi connectivity index (χ0v) is 14.3. The highest BCUT2D eigenvalue weighted by molar-refractivity contribution is 6.07. The largest absolute Gasteiger partial charge is 0.494 e. The summed E-state index contributed by atoms with van der Waals surface area (Å²) in [5, 5.41) is 2.85. The average molecular weight is 328 g/mol. The number of nitrogens with two attached hydrogens (primary N) is 1. The average Bonchev–Trinajstić information content (AvgIpc) is 2.56. The maximum atomic E-state index is 12.6. The maximum absolute atomic E-state index is 12.6. The van der Waals surface area contributed by atoms with Crippen molar-refractivity contribution in [3.05, 3.63) is 48.0 Å². The van der Waals surface area contributed by atoms with Crippen LogP contribution in [-0.2, 0) is 0 Å². The van der Waals surface area contributed by atoms with Crippen LogP contribution in [-0.4, -0.2) is 19.6 Å². The van der Waals surface area contributed by atoms with Gasteiger partial charge in [0.05, 0.1) is 25.0 Å². The standard InChI is InChI=1S/C19H24N2O3/c1-13(2)10-11-24-17-7-5-4-6-15(17)19(22)21-16-9-8-14(20)12-18(16)23-3/h4-9,12-13H,10-11,20H2,1-3H3,(H,21,22). The number of ether oxygens (including phenoxy) is 2. The van der Waals surface area contributed by atoms with Crippen LogP contribution in [0.25, 0.3) is 0 Å². The van der Waals surface area contributed by atoms with Crippen molar-refractivity contribution in [2.24, 2.45) is 5.92 Å². The molecule has 1 amide bonds. The van der Waals surface area contributed by atoms with Gasteiger partial charge in [0.25, 0.3) is 5.91 Å². The highest BCUT2D eigenvalue weighted by Gasteiger charge is 2.14. The second-order valence-corrected chi connectivity index (χ2v) is 5.94. The van der Waals surface area contributed by atoms with Gasteiger partial charge >= 0.3 is 0 Å². The first-order valence-corrected chi connectivity index (χ1v) is 7.98. The number of amides is 1. The highest BCUT2D eigenvalue weighted by Crippen LogP contribution is 2.28. The van der Waals surface area contributed by atoms with Crippen molar-refractivity contribution in [3.63, 3.8) is 0 Å². The van der Waals surface area contributed by atoms with Gasteiger partial charge in [-0.1, -0.05) is 26.0 Å². The van der Waals surface area contributed by atoms with E-state index in [2.05, 4.69) is 19.2 Å². The van der Waals surface area contributed by atoms with Gasteiger partial charge in [0.15, 0.2) is 0 Å². The number of hydrogen-bond donors (Lipinski definition) is 2. The lowest BCUT2D eigenvalue weighted by Crippen LogP contribution is -2.15. The summed E-state index contributed by atoms with van der Waals surface area (Å²) < 4.78 is 11.0. The van der Waals surface area contributed by atoms with E-state index in [1.165, 1.54) is 7.11 Å². The Hall–Kier alpha value is -2.69. The minimum atomic E-state index is -0.252. The zero-order chi connectivity index (χ0) is 17.5. The normalized spacial score (nSPS) is 10.5. The lowest BCUT2D eigenvalue weighted by Gasteiger charge is -2.14. The van der Waals surface area contributed by atoms with E-state index in [-0.39, 0.29) is 5.91 Å². The van der Waals surface area contributed by atoms with Crippen molar-refractivity contribution in [2.45, 2.75) is 20.3 Å². The first-order valence-electron chi connectivity index (χ1n) is 7.98. The van der Waals surface area contributed by atoms with E-state index in [0.29, 0.717) is 41.0 Å². The Labute approximate surface area is 142 Å². The molecule has 0 unspecified atom stereocenters. The molecule has 0 radical (unpaired) electrons. The van der Waals surface area contributed by atoms with E-state index in [1.54, 1.807) is 30.3 Å². The molecule has 0 fully saturated rings. The molecule has 0 aliphatic rings. The van der Waals surface area contributed by atoms with Crippen LogP contribution in [0.5, 0.6) is 11.5 Å². The first-order chi connectivity index (χ1) is 11.5. The summed E-state index contributed by atoms with van der Waals surface area (Å²) in [7, 11) is 1.54. The van der Waals surface area contributed by atoms with Crippen LogP contribution in [0.4, 0.5) is 11.4 Å². The molecule has 0 atom stereocenters. The van der Waals surface area contributed by atoms with Gasteiger partial charge < -0.3 is 20.5 Å². The highest BCUT2D eigenvalue weighted by atomic mass is 16.5. The van der Waals surface area contributed by atoms with Crippen LogP contribution >= 0.6 is 0 Å². The number of benzene rings is 2. The smallest absolute Gasteiger partial charge is 0.259 e. The van der Waals surface area contributed by atoms with Crippen molar-refractivity contribution in [1.82, 2.24) is 0 Å². The van der Waals surface area contributed by atoms with Crippen molar-refractivity contribution < 1.29 is 14.3 Å². The maximum Gasteiger partial charge on any atom is 0.259 e. The monoisotopic (exact) mass is 328 g/mol. The van der Waals surface area contributed by atoms with Crippen LogP contribution in [0, 0.1) is 5.92 Å². The van der Waals surface area contributed by atoms with E-state index in [9.17, 15) is 4.79 Å². The molecule has 5 nitrogen and oxygen atoms in total. The van der Waals surface area contributed by atoms with E-state index in [4.69, 9.17) is 15.2 Å². The minimum absolute atomic E-state index is 0.252. The molecule has 0 heterocycles. The summed E-state index contributed by atoms with van der Waals surface area (Å²) in [4.78, 5) is 12.6. The molecule has 128 valence electrons. The molecule has 0 saturated carbocycles. The molecule has 0 aliphatic carbocycles. The van der Waals surface area contributed by atoms with Crippen LogP contribution in [0.1, 0.15) is 30.6 Å². The molecule has 24 heavy (non-hydrogen) atoms. The Morgan fingerprint density at radius 2 is 1.92 bits per heavy atom. The minimum Gasteiger partial charge on any atom is -0.494 e. The van der Waals surface area contributed by atoms with Gasteiger partial charge in [-0.15, -0.1) is 0 Å². The summed E-state index contributed by atoms with van der Waals surface area (Å²) in [6.45, 7) is 4.85. The topological polar surface area (TPSA) is 73.6 Å². The second-order valence-electron chi connectivity index (χ2n) is 5.94. The third-order valence-electron chi connectivity index (χ3n) is 3.56. The van der Waals surface area contributed by atoms with E-state index >= 15 is 0 Å². The van der Waals surface area contributed by atoms with E-state index < -0.39 is 0 Å². The van der Waals surface area contributed by atoms with Gasteiger partial charge in [0, 0.05) is 11.8 Å². The Morgan fingerprint density at radius 1 is 1.17 bits per heavy atom. The number of methoxy groups -OCH3 is 1. The number of nitrogen functional groups attached to an aromatic ring is 1. The van der Waals surface area contributed by atoms with Crippen molar-refractivity contribution in [1.29, 1.82) is 0 Å². The third-order valence-corrected chi connectivity index (χ3v) is 3.56. The molecule has 2 aromatic carbocycles. The number of carbonyl (C=O) groups is 1. The number of para-hydroxylation sites is 1. The van der Waals surface area contributed by atoms with E-state index in [0.717, 1.165) is 6.42 Å². The van der Waals surface area contributed by atoms with Crippen LogP contribution < -0.4 is 20.5 Å². The molecule has 2 aromatic rings. The number of nitrogens with one attached hydrogen (secondary N) is 1. The molecule has 0 spiro atoms. The summed E-state index contributed by atoms with van der Waals surface area (Å²) in [6.07, 6.45) is 0.932. The van der Waals surface area contributed by atoms with E-state index in [1.807, 2.05) is 12.1 Å². The lowest BCUT2D eigenvalue weighted by molar-refractivity contribution is 0.102. The van der Waals surface area contributed by atoms with Gasteiger partial charge in [-0.05, 0) is 36.6 Å². The fraction of sp³-hybridized carbons (Fsp3) is 0.316. The van der Waals surface area contributed by atoms with Crippen LogP contribution in [0.2, 0.25) is 0 Å². The number of hydrogen-bond acceptors (Lipinski definition) is 4. The third kappa shape index (κ3) is 4.65. The summed E-state index contributed by atoms with van der Waals surface area (Å²) in [5.41, 5.74) is 7.36. The summed E-state index contributed by atoms with van der Waals surface area (Å²) >= 11 is 0. The van der Waals surface area contributed by atoms with Gasteiger partial charge in [-0.25, -0.2) is 0 Å². The molecule has 3 N–H and O–H groups in total. The quantitative estimate of drug-likeness (QED) is 0.755. The molecule has 2 rings (SSSR count). The molecular weight excluding hydrogens is 304 g/mol. The van der Waals surface area contributed by atoms with Crippen LogP contribution in [0.15, 0.2) is 42.5 Å².